The minimum absolute atomic E-state index is 0.222. The summed E-state index contributed by atoms with van der Waals surface area (Å²) in [5.41, 5.74) is -0.658. The number of rotatable bonds is 2. The molecule has 0 saturated heterocycles. The molecule has 4 fully saturated rings. The van der Waals surface area contributed by atoms with Crippen LogP contribution in [0, 0.1) is 29.4 Å². The van der Waals surface area contributed by atoms with Crippen molar-refractivity contribution in [2.75, 3.05) is 0 Å². The van der Waals surface area contributed by atoms with Crippen LogP contribution in [0.4, 0.5) is 8.78 Å². The van der Waals surface area contributed by atoms with Crippen LogP contribution in [0.5, 0.6) is 0 Å². The van der Waals surface area contributed by atoms with Crippen LogP contribution in [0.2, 0.25) is 0 Å². The molecular weight excluding hydrogens is 272 g/mol. The third kappa shape index (κ3) is 2.16. The van der Waals surface area contributed by atoms with Gasteiger partial charge in [0.05, 0.1) is 0 Å². The van der Waals surface area contributed by atoms with E-state index < -0.39 is 23.1 Å². The van der Waals surface area contributed by atoms with Crippen molar-refractivity contribution in [2.24, 2.45) is 17.8 Å². The first-order valence-electron chi connectivity index (χ1n) is 7.81. The Kier molecular flexibility index (Phi) is 2.85. The van der Waals surface area contributed by atoms with Gasteiger partial charge < -0.3 is 5.32 Å². The average molecular weight is 291 g/mol. The maximum atomic E-state index is 13.8. The lowest BCUT2D eigenvalue weighted by atomic mass is 9.53. The average Bonchev–Trinajstić information content (AvgIpc) is 2.35. The van der Waals surface area contributed by atoms with Gasteiger partial charge in [-0.1, -0.05) is 6.07 Å². The molecule has 2 nitrogen and oxygen atoms in total. The summed E-state index contributed by atoms with van der Waals surface area (Å²) in [6, 6.07) is 3.56. The van der Waals surface area contributed by atoms with Crippen LogP contribution in [0.25, 0.3) is 0 Å². The van der Waals surface area contributed by atoms with Crippen molar-refractivity contribution < 1.29 is 13.6 Å². The number of amides is 1. The Morgan fingerprint density at radius 2 is 1.48 bits per heavy atom. The Bertz CT molecular complexity index is 543. The third-order valence-electron chi connectivity index (χ3n) is 5.61. The molecule has 4 bridgehead atoms. The van der Waals surface area contributed by atoms with Gasteiger partial charge in [-0.25, -0.2) is 8.78 Å². The van der Waals surface area contributed by atoms with Gasteiger partial charge in [0.15, 0.2) is 0 Å². The minimum Gasteiger partial charge on any atom is -0.346 e. The Balaban J connectivity index is 1.60. The van der Waals surface area contributed by atoms with E-state index in [0.717, 1.165) is 31.4 Å². The summed E-state index contributed by atoms with van der Waals surface area (Å²) >= 11 is 0. The fourth-order valence-electron chi connectivity index (χ4n) is 5.28. The monoisotopic (exact) mass is 291 g/mol. The lowest BCUT2D eigenvalue weighted by Gasteiger charge is -2.56. The van der Waals surface area contributed by atoms with Gasteiger partial charge in [-0.3, -0.25) is 4.79 Å². The van der Waals surface area contributed by atoms with Crippen LogP contribution in [0.15, 0.2) is 18.2 Å². The van der Waals surface area contributed by atoms with Gasteiger partial charge in [-0.2, -0.15) is 0 Å². The summed E-state index contributed by atoms with van der Waals surface area (Å²) < 4.78 is 27.5. The van der Waals surface area contributed by atoms with E-state index in [1.54, 1.807) is 0 Å². The summed E-state index contributed by atoms with van der Waals surface area (Å²) in [6.45, 7) is 0. The van der Waals surface area contributed by atoms with Crippen LogP contribution in [-0.4, -0.2) is 11.4 Å². The molecule has 0 atom stereocenters. The normalized spacial score (nSPS) is 36.8. The fraction of sp³-hybridized carbons (Fsp3) is 0.588. The van der Waals surface area contributed by atoms with Crippen molar-refractivity contribution >= 4 is 5.91 Å². The Morgan fingerprint density at radius 3 is 1.95 bits per heavy atom. The molecule has 4 heteroatoms. The SMILES string of the molecule is O=C(NC12CC3CC(CC(C3)C1)C2)c1c(F)cccc1F. The van der Waals surface area contributed by atoms with E-state index in [0.29, 0.717) is 17.8 Å². The topological polar surface area (TPSA) is 29.1 Å². The highest BCUT2D eigenvalue weighted by Crippen LogP contribution is 2.55. The Morgan fingerprint density at radius 1 is 1.00 bits per heavy atom. The van der Waals surface area contributed by atoms with Crippen LogP contribution in [-0.2, 0) is 0 Å². The number of nitrogens with one attached hydrogen (secondary N) is 1. The van der Waals surface area contributed by atoms with Crippen molar-refractivity contribution in [2.45, 2.75) is 44.1 Å². The fourth-order valence-corrected chi connectivity index (χ4v) is 5.28. The zero-order chi connectivity index (χ0) is 14.6. The highest BCUT2D eigenvalue weighted by molar-refractivity contribution is 5.95. The molecule has 1 aromatic rings. The molecule has 4 aliphatic carbocycles. The lowest BCUT2D eigenvalue weighted by Crippen LogP contribution is -2.60. The predicted molar refractivity (Wildman–Crippen MR) is 74.7 cm³/mol. The number of carbonyl (C=O) groups excluding carboxylic acids is 1. The minimum atomic E-state index is -0.780. The largest absolute Gasteiger partial charge is 0.346 e. The number of hydrogen-bond donors (Lipinski definition) is 1. The molecule has 4 saturated carbocycles. The highest BCUT2D eigenvalue weighted by Gasteiger charge is 2.51. The van der Waals surface area contributed by atoms with Gasteiger partial charge in [0.2, 0.25) is 0 Å². The molecule has 1 N–H and O–H groups in total. The van der Waals surface area contributed by atoms with Gasteiger partial charge in [0.1, 0.15) is 17.2 Å². The summed E-state index contributed by atoms with van der Waals surface area (Å²) in [4.78, 5) is 12.4. The summed E-state index contributed by atoms with van der Waals surface area (Å²) in [5, 5.41) is 3.00. The van der Waals surface area contributed by atoms with E-state index in [1.165, 1.54) is 25.3 Å². The van der Waals surface area contributed by atoms with Crippen molar-refractivity contribution in [3.05, 3.63) is 35.4 Å². The molecule has 5 rings (SSSR count). The third-order valence-corrected chi connectivity index (χ3v) is 5.61. The Hall–Kier alpha value is -1.45. The standard InChI is InChI=1S/C17H19F2NO/c18-13-2-1-3-14(19)15(13)16(21)20-17-7-10-4-11(8-17)6-12(5-10)9-17/h1-3,10-12H,4-9H2,(H,20,21). The predicted octanol–water partition coefficient (Wildman–Crippen LogP) is 3.66. The van der Waals surface area contributed by atoms with E-state index in [9.17, 15) is 13.6 Å². The van der Waals surface area contributed by atoms with E-state index in [4.69, 9.17) is 0 Å². The van der Waals surface area contributed by atoms with Crippen LogP contribution in [0.1, 0.15) is 48.9 Å². The van der Waals surface area contributed by atoms with Crippen LogP contribution in [0.3, 0.4) is 0 Å². The zero-order valence-corrected chi connectivity index (χ0v) is 11.9. The molecule has 1 aromatic carbocycles. The second-order valence-corrected chi connectivity index (χ2v) is 7.25. The quantitative estimate of drug-likeness (QED) is 0.885. The van der Waals surface area contributed by atoms with Crippen molar-refractivity contribution in [3.8, 4) is 0 Å². The summed E-state index contributed by atoms with van der Waals surface area (Å²) in [6.07, 6.45) is 6.72. The van der Waals surface area contributed by atoms with E-state index >= 15 is 0 Å². The summed E-state index contributed by atoms with van der Waals surface area (Å²) in [7, 11) is 0. The first kappa shape index (κ1) is 13.2. The van der Waals surface area contributed by atoms with Gasteiger partial charge >= 0.3 is 0 Å². The second kappa shape index (κ2) is 4.52. The molecule has 0 heterocycles. The summed E-state index contributed by atoms with van der Waals surface area (Å²) in [5.74, 6) is -0.104. The molecule has 0 spiro atoms. The van der Waals surface area contributed by atoms with Crippen molar-refractivity contribution in [1.82, 2.24) is 5.32 Å². The molecule has 1 amide bonds. The van der Waals surface area contributed by atoms with Gasteiger partial charge in [0.25, 0.3) is 5.91 Å². The maximum Gasteiger partial charge on any atom is 0.257 e. The maximum absolute atomic E-state index is 13.8. The molecule has 0 aliphatic heterocycles. The lowest BCUT2D eigenvalue weighted by molar-refractivity contribution is -0.0168. The molecule has 0 aromatic heterocycles. The van der Waals surface area contributed by atoms with Gasteiger partial charge in [-0.05, 0) is 68.4 Å². The number of carbonyl (C=O) groups is 1. The first-order valence-corrected chi connectivity index (χ1v) is 7.81. The van der Waals surface area contributed by atoms with E-state index in [-0.39, 0.29) is 5.54 Å². The van der Waals surface area contributed by atoms with E-state index in [1.807, 2.05) is 0 Å². The molecular formula is C17H19F2NO. The zero-order valence-electron chi connectivity index (χ0n) is 11.9. The molecule has 0 unspecified atom stereocenters. The molecule has 4 aliphatic rings. The highest BCUT2D eigenvalue weighted by atomic mass is 19.1. The second-order valence-electron chi connectivity index (χ2n) is 7.25. The van der Waals surface area contributed by atoms with Crippen LogP contribution >= 0.6 is 0 Å². The van der Waals surface area contributed by atoms with E-state index in [2.05, 4.69) is 5.32 Å². The smallest absolute Gasteiger partial charge is 0.257 e. The molecule has 112 valence electrons. The first-order chi connectivity index (χ1) is 10.0. The van der Waals surface area contributed by atoms with Gasteiger partial charge in [0, 0.05) is 5.54 Å². The molecule has 0 radical (unpaired) electrons. The number of hydrogen-bond acceptors (Lipinski definition) is 1. The van der Waals surface area contributed by atoms with Crippen molar-refractivity contribution in [3.63, 3.8) is 0 Å². The van der Waals surface area contributed by atoms with Crippen molar-refractivity contribution in [1.29, 1.82) is 0 Å². The van der Waals surface area contributed by atoms with Gasteiger partial charge in [-0.15, -0.1) is 0 Å². The Labute approximate surface area is 122 Å². The van der Waals surface area contributed by atoms with Crippen LogP contribution < -0.4 is 5.32 Å². The number of halogens is 2. The number of benzene rings is 1. The molecule has 21 heavy (non-hydrogen) atoms.